The van der Waals surface area contributed by atoms with Crippen molar-refractivity contribution in [3.8, 4) is 0 Å². The van der Waals surface area contributed by atoms with Crippen LogP contribution in [0.3, 0.4) is 0 Å². The predicted molar refractivity (Wildman–Crippen MR) is 61.2 cm³/mol. The van der Waals surface area contributed by atoms with Crippen LogP contribution >= 0.6 is 15.9 Å². The first-order valence-corrected chi connectivity index (χ1v) is 5.34. The number of nitrogens with two attached hydrogens (primary N) is 1. The number of hydrogen-bond donors (Lipinski definition) is 1. The number of rotatable bonds is 2. The zero-order chi connectivity index (χ0) is 10.1. The van der Waals surface area contributed by atoms with E-state index in [-0.39, 0.29) is 0 Å². The largest absolute Gasteiger partial charge is 0.329 e. The molecule has 0 amide bonds. The molecular weight excluding hydrogens is 242 g/mol. The second-order valence-electron chi connectivity index (χ2n) is 3.26. The van der Waals surface area contributed by atoms with Gasteiger partial charge in [0.05, 0.1) is 12.1 Å². The topological polar surface area (TPSA) is 43.8 Å². The number of benzene rings is 1. The maximum Gasteiger partial charge on any atom is 0.0937 e. The van der Waals surface area contributed by atoms with Gasteiger partial charge >= 0.3 is 0 Å². The summed E-state index contributed by atoms with van der Waals surface area (Å²) in [5.74, 6) is 0. The third-order valence-corrected chi connectivity index (χ3v) is 2.80. The summed E-state index contributed by atoms with van der Waals surface area (Å²) in [4.78, 5) is 0. The minimum atomic E-state index is 0.621. The van der Waals surface area contributed by atoms with E-state index in [1.807, 2.05) is 16.8 Å². The van der Waals surface area contributed by atoms with Crippen molar-refractivity contribution >= 4 is 26.8 Å². The van der Waals surface area contributed by atoms with Crippen molar-refractivity contribution in [3.63, 3.8) is 0 Å². The van der Waals surface area contributed by atoms with Gasteiger partial charge in [-0.2, -0.15) is 5.10 Å². The van der Waals surface area contributed by atoms with Crippen LogP contribution in [0, 0.1) is 6.92 Å². The minimum absolute atomic E-state index is 0.621. The molecule has 3 nitrogen and oxygen atoms in total. The highest BCUT2D eigenvalue weighted by molar-refractivity contribution is 9.10. The molecule has 0 unspecified atom stereocenters. The lowest BCUT2D eigenvalue weighted by molar-refractivity contribution is 0.614. The monoisotopic (exact) mass is 253 g/mol. The average Bonchev–Trinajstić information content (AvgIpc) is 2.44. The third kappa shape index (κ3) is 1.55. The molecule has 0 saturated heterocycles. The molecule has 0 saturated carbocycles. The Labute approximate surface area is 91.0 Å². The van der Waals surface area contributed by atoms with Gasteiger partial charge in [-0.05, 0) is 25.1 Å². The molecule has 1 aromatic heterocycles. The number of halogens is 1. The Morgan fingerprint density at radius 2 is 2.29 bits per heavy atom. The highest BCUT2D eigenvalue weighted by Crippen LogP contribution is 2.21. The molecule has 1 aromatic carbocycles. The van der Waals surface area contributed by atoms with E-state index in [1.54, 1.807) is 0 Å². The van der Waals surface area contributed by atoms with Gasteiger partial charge in [-0.3, -0.25) is 4.68 Å². The van der Waals surface area contributed by atoms with Crippen molar-refractivity contribution in [1.82, 2.24) is 9.78 Å². The molecule has 2 aromatic rings. The molecule has 0 atom stereocenters. The van der Waals surface area contributed by atoms with Gasteiger partial charge in [0.1, 0.15) is 0 Å². The average molecular weight is 254 g/mol. The molecule has 0 aliphatic rings. The molecule has 2 N–H and O–H groups in total. The summed E-state index contributed by atoms with van der Waals surface area (Å²) in [6, 6.07) is 6.13. The van der Waals surface area contributed by atoms with Crippen LogP contribution in [0.4, 0.5) is 0 Å². The summed E-state index contributed by atoms with van der Waals surface area (Å²) in [5, 5.41) is 5.67. The Morgan fingerprint density at radius 3 is 3.00 bits per heavy atom. The van der Waals surface area contributed by atoms with Crippen molar-refractivity contribution in [2.24, 2.45) is 5.73 Å². The summed E-state index contributed by atoms with van der Waals surface area (Å²) >= 11 is 3.43. The number of aryl methyl sites for hydroxylation is 1. The van der Waals surface area contributed by atoms with Crippen LogP contribution in [0.5, 0.6) is 0 Å². The molecule has 0 aliphatic carbocycles. The van der Waals surface area contributed by atoms with E-state index < -0.39 is 0 Å². The predicted octanol–water partition coefficient (Wildman–Crippen LogP) is 2.07. The van der Waals surface area contributed by atoms with Crippen LogP contribution in [0.25, 0.3) is 10.9 Å². The van der Waals surface area contributed by atoms with Crippen LogP contribution < -0.4 is 5.73 Å². The first-order valence-electron chi connectivity index (χ1n) is 4.55. The summed E-state index contributed by atoms with van der Waals surface area (Å²) in [6.07, 6.45) is 0. The molecule has 1 heterocycles. The standard InChI is InChI=1S/C10H12BrN3/c1-7-9-3-2-8(11)6-10(9)13-14(7)5-4-12/h2-3,6H,4-5,12H2,1H3. The van der Waals surface area contributed by atoms with E-state index >= 15 is 0 Å². The van der Waals surface area contributed by atoms with E-state index in [2.05, 4.69) is 34.0 Å². The maximum absolute atomic E-state index is 5.51. The van der Waals surface area contributed by atoms with Gasteiger partial charge < -0.3 is 5.73 Å². The van der Waals surface area contributed by atoms with Crippen molar-refractivity contribution in [2.45, 2.75) is 13.5 Å². The third-order valence-electron chi connectivity index (χ3n) is 2.31. The molecule has 14 heavy (non-hydrogen) atoms. The molecule has 0 fully saturated rings. The number of fused-ring (bicyclic) bond motifs is 1. The van der Waals surface area contributed by atoms with E-state index in [9.17, 15) is 0 Å². The molecule has 0 radical (unpaired) electrons. The van der Waals surface area contributed by atoms with Gasteiger partial charge in [-0.15, -0.1) is 0 Å². The van der Waals surface area contributed by atoms with Gasteiger partial charge in [0, 0.05) is 22.1 Å². The Morgan fingerprint density at radius 1 is 1.50 bits per heavy atom. The minimum Gasteiger partial charge on any atom is -0.329 e. The van der Waals surface area contributed by atoms with Gasteiger partial charge in [-0.1, -0.05) is 15.9 Å². The molecular formula is C10H12BrN3. The number of nitrogens with zero attached hydrogens (tertiary/aromatic N) is 2. The summed E-state index contributed by atoms with van der Waals surface area (Å²) in [7, 11) is 0. The molecule has 4 heteroatoms. The van der Waals surface area contributed by atoms with Crippen LogP contribution in [-0.4, -0.2) is 16.3 Å². The normalized spacial score (nSPS) is 11.1. The highest BCUT2D eigenvalue weighted by atomic mass is 79.9. The van der Waals surface area contributed by atoms with Crippen molar-refractivity contribution in [3.05, 3.63) is 28.4 Å². The van der Waals surface area contributed by atoms with E-state index in [0.717, 1.165) is 16.5 Å². The van der Waals surface area contributed by atoms with E-state index in [0.29, 0.717) is 6.54 Å². The zero-order valence-corrected chi connectivity index (χ0v) is 9.58. The molecule has 0 aliphatic heterocycles. The first kappa shape index (κ1) is 9.68. The Kier molecular flexibility index (Phi) is 2.56. The SMILES string of the molecule is Cc1c2ccc(Br)cc2nn1CCN. The van der Waals surface area contributed by atoms with Crippen LogP contribution in [0.2, 0.25) is 0 Å². The second-order valence-corrected chi connectivity index (χ2v) is 4.17. The fourth-order valence-electron chi connectivity index (χ4n) is 1.58. The maximum atomic E-state index is 5.51. The lowest BCUT2D eigenvalue weighted by Gasteiger charge is -1.99. The van der Waals surface area contributed by atoms with Crippen LogP contribution in [0.15, 0.2) is 22.7 Å². The number of hydrogen-bond acceptors (Lipinski definition) is 2. The lowest BCUT2D eigenvalue weighted by atomic mass is 10.2. The van der Waals surface area contributed by atoms with Crippen LogP contribution in [0.1, 0.15) is 5.69 Å². The van der Waals surface area contributed by atoms with Crippen molar-refractivity contribution in [1.29, 1.82) is 0 Å². The van der Waals surface area contributed by atoms with Crippen molar-refractivity contribution < 1.29 is 0 Å². The quantitative estimate of drug-likeness (QED) is 0.891. The van der Waals surface area contributed by atoms with Crippen LogP contribution in [-0.2, 0) is 6.54 Å². The van der Waals surface area contributed by atoms with Gasteiger partial charge in [0.15, 0.2) is 0 Å². The van der Waals surface area contributed by atoms with E-state index in [1.165, 1.54) is 11.1 Å². The fraction of sp³-hybridized carbons (Fsp3) is 0.300. The smallest absolute Gasteiger partial charge is 0.0937 e. The Bertz CT molecular complexity index is 462. The molecule has 0 bridgehead atoms. The highest BCUT2D eigenvalue weighted by Gasteiger charge is 2.06. The molecule has 2 rings (SSSR count). The fourth-order valence-corrected chi connectivity index (χ4v) is 1.93. The van der Waals surface area contributed by atoms with E-state index in [4.69, 9.17) is 5.73 Å². The molecule has 74 valence electrons. The Balaban J connectivity index is 2.61. The van der Waals surface area contributed by atoms with Gasteiger partial charge in [0.25, 0.3) is 0 Å². The van der Waals surface area contributed by atoms with Gasteiger partial charge in [0.2, 0.25) is 0 Å². The van der Waals surface area contributed by atoms with Crippen molar-refractivity contribution in [2.75, 3.05) is 6.54 Å². The Hall–Kier alpha value is -0.870. The number of aromatic nitrogens is 2. The molecule has 0 spiro atoms. The first-order chi connectivity index (χ1) is 6.72. The zero-order valence-electron chi connectivity index (χ0n) is 8.00. The summed E-state index contributed by atoms with van der Waals surface area (Å²) in [5.41, 5.74) is 7.71. The summed E-state index contributed by atoms with van der Waals surface area (Å²) < 4.78 is 3.01. The second kappa shape index (κ2) is 3.71. The summed E-state index contributed by atoms with van der Waals surface area (Å²) in [6.45, 7) is 3.47. The lowest BCUT2D eigenvalue weighted by Crippen LogP contribution is -2.11. The van der Waals surface area contributed by atoms with Gasteiger partial charge in [-0.25, -0.2) is 0 Å².